The maximum absolute atomic E-state index is 11.8. The molecule has 0 aliphatic heterocycles. The SMILES string of the molecule is Cc1nn(C)c(C)c1CCC(=O)NC(C)(C)C(=O)O. The quantitative estimate of drug-likeness (QED) is 0.832. The Hall–Kier alpha value is -1.85. The molecule has 0 radical (unpaired) electrons. The molecule has 19 heavy (non-hydrogen) atoms. The van der Waals surface area contributed by atoms with Crippen molar-refractivity contribution in [3.05, 3.63) is 17.0 Å². The maximum atomic E-state index is 11.8. The van der Waals surface area contributed by atoms with Crippen molar-refractivity contribution in [3.63, 3.8) is 0 Å². The number of carboxylic acids is 1. The van der Waals surface area contributed by atoms with Crippen molar-refractivity contribution in [1.82, 2.24) is 15.1 Å². The van der Waals surface area contributed by atoms with Gasteiger partial charge in [-0.15, -0.1) is 0 Å². The molecule has 6 heteroatoms. The molecule has 1 heterocycles. The van der Waals surface area contributed by atoms with Gasteiger partial charge in [0, 0.05) is 19.2 Å². The number of nitrogens with zero attached hydrogens (tertiary/aromatic N) is 2. The summed E-state index contributed by atoms with van der Waals surface area (Å²) in [6.07, 6.45) is 0.817. The lowest BCUT2D eigenvalue weighted by Crippen LogP contribution is -2.49. The lowest BCUT2D eigenvalue weighted by Gasteiger charge is -2.20. The summed E-state index contributed by atoms with van der Waals surface area (Å²) >= 11 is 0. The van der Waals surface area contributed by atoms with Crippen LogP contribution in [0.5, 0.6) is 0 Å². The Balaban J connectivity index is 2.63. The molecule has 0 unspecified atom stereocenters. The number of hydrogen-bond acceptors (Lipinski definition) is 3. The van der Waals surface area contributed by atoms with Crippen LogP contribution < -0.4 is 5.32 Å². The first-order valence-electron chi connectivity index (χ1n) is 6.18. The minimum atomic E-state index is -1.24. The van der Waals surface area contributed by atoms with Gasteiger partial charge in [0.05, 0.1) is 5.69 Å². The maximum Gasteiger partial charge on any atom is 0.328 e. The number of carbonyl (C=O) groups excluding carboxylic acids is 1. The van der Waals surface area contributed by atoms with E-state index in [9.17, 15) is 9.59 Å². The third kappa shape index (κ3) is 3.56. The van der Waals surface area contributed by atoms with Gasteiger partial charge in [-0.25, -0.2) is 4.79 Å². The molecular weight excluding hydrogens is 246 g/mol. The van der Waals surface area contributed by atoms with Crippen LogP contribution in [-0.2, 0) is 23.1 Å². The summed E-state index contributed by atoms with van der Waals surface area (Å²) in [4.78, 5) is 22.7. The van der Waals surface area contributed by atoms with Crippen molar-refractivity contribution in [3.8, 4) is 0 Å². The zero-order chi connectivity index (χ0) is 14.8. The predicted molar refractivity (Wildman–Crippen MR) is 70.9 cm³/mol. The number of rotatable bonds is 5. The standard InChI is InChI=1S/C13H21N3O3/c1-8-10(9(2)16(5)15-8)6-7-11(17)14-13(3,4)12(18)19/h6-7H2,1-5H3,(H,14,17)(H,18,19). The van der Waals surface area contributed by atoms with Gasteiger partial charge in [-0.1, -0.05) is 0 Å². The zero-order valence-corrected chi connectivity index (χ0v) is 12.1. The normalized spacial score (nSPS) is 11.4. The van der Waals surface area contributed by atoms with Gasteiger partial charge < -0.3 is 10.4 Å². The molecule has 1 aromatic heterocycles. The summed E-state index contributed by atoms with van der Waals surface area (Å²) in [5, 5.41) is 15.7. The van der Waals surface area contributed by atoms with Gasteiger partial charge in [-0.3, -0.25) is 9.48 Å². The van der Waals surface area contributed by atoms with Crippen LogP contribution in [-0.4, -0.2) is 32.3 Å². The Morgan fingerprint density at radius 1 is 1.37 bits per heavy atom. The minimum Gasteiger partial charge on any atom is -0.480 e. The number of aromatic nitrogens is 2. The first-order valence-corrected chi connectivity index (χ1v) is 6.18. The highest BCUT2D eigenvalue weighted by molar-refractivity contribution is 5.86. The summed E-state index contributed by atoms with van der Waals surface area (Å²) < 4.78 is 1.78. The zero-order valence-electron chi connectivity index (χ0n) is 12.1. The first-order chi connectivity index (χ1) is 8.65. The van der Waals surface area contributed by atoms with Crippen LogP contribution in [0.3, 0.4) is 0 Å². The molecule has 0 aliphatic rings. The highest BCUT2D eigenvalue weighted by Crippen LogP contribution is 2.14. The molecule has 0 aliphatic carbocycles. The fourth-order valence-electron chi connectivity index (χ4n) is 1.88. The molecule has 6 nitrogen and oxygen atoms in total. The van der Waals surface area contributed by atoms with Gasteiger partial charge in [0.15, 0.2) is 0 Å². The molecule has 0 spiro atoms. The van der Waals surface area contributed by atoms with Crippen LogP contribution in [0, 0.1) is 13.8 Å². The lowest BCUT2D eigenvalue weighted by molar-refractivity contribution is -0.146. The number of nitrogens with one attached hydrogen (secondary N) is 1. The van der Waals surface area contributed by atoms with E-state index in [0.717, 1.165) is 17.0 Å². The summed E-state index contributed by atoms with van der Waals surface area (Å²) in [5.41, 5.74) is 1.75. The van der Waals surface area contributed by atoms with Gasteiger partial charge in [0.2, 0.25) is 5.91 Å². The molecule has 0 saturated carbocycles. The smallest absolute Gasteiger partial charge is 0.328 e. The molecule has 2 N–H and O–H groups in total. The Labute approximate surface area is 112 Å². The van der Waals surface area contributed by atoms with Crippen molar-refractivity contribution in [2.45, 2.75) is 46.1 Å². The van der Waals surface area contributed by atoms with Crippen LogP contribution in [0.4, 0.5) is 0 Å². The third-order valence-electron chi connectivity index (χ3n) is 3.25. The van der Waals surface area contributed by atoms with E-state index in [2.05, 4.69) is 10.4 Å². The van der Waals surface area contributed by atoms with E-state index in [1.54, 1.807) is 4.68 Å². The summed E-state index contributed by atoms with van der Waals surface area (Å²) in [5.74, 6) is -1.32. The molecule has 0 saturated heterocycles. The lowest BCUT2D eigenvalue weighted by atomic mass is 10.0. The van der Waals surface area contributed by atoms with Gasteiger partial charge in [-0.05, 0) is 39.7 Å². The number of aliphatic carboxylic acids is 1. The molecule has 0 atom stereocenters. The fraction of sp³-hybridized carbons (Fsp3) is 0.615. The minimum absolute atomic E-state index is 0.254. The molecule has 1 aromatic rings. The Morgan fingerprint density at radius 2 is 1.95 bits per heavy atom. The van der Waals surface area contributed by atoms with Crippen LogP contribution in [0.25, 0.3) is 0 Å². The molecule has 1 rings (SSSR count). The number of aryl methyl sites for hydroxylation is 2. The topological polar surface area (TPSA) is 84.2 Å². The van der Waals surface area contributed by atoms with E-state index < -0.39 is 11.5 Å². The number of carboxylic acid groups (broad SMARTS) is 1. The van der Waals surface area contributed by atoms with E-state index in [0.29, 0.717) is 6.42 Å². The number of hydrogen-bond donors (Lipinski definition) is 2. The molecule has 0 bridgehead atoms. The van der Waals surface area contributed by atoms with E-state index in [1.807, 2.05) is 20.9 Å². The van der Waals surface area contributed by atoms with Crippen molar-refractivity contribution in [2.75, 3.05) is 0 Å². The third-order valence-corrected chi connectivity index (χ3v) is 3.25. The second-order valence-electron chi connectivity index (χ2n) is 5.25. The first kappa shape index (κ1) is 15.2. The Morgan fingerprint density at radius 3 is 2.37 bits per heavy atom. The van der Waals surface area contributed by atoms with Crippen molar-refractivity contribution >= 4 is 11.9 Å². The number of amides is 1. The highest BCUT2D eigenvalue weighted by Gasteiger charge is 2.28. The van der Waals surface area contributed by atoms with Crippen LogP contribution in [0.15, 0.2) is 0 Å². The van der Waals surface area contributed by atoms with Gasteiger partial charge in [0.25, 0.3) is 0 Å². The van der Waals surface area contributed by atoms with Crippen LogP contribution in [0.2, 0.25) is 0 Å². The van der Waals surface area contributed by atoms with Gasteiger partial charge in [0.1, 0.15) is 5.54 Å². The Bertz CT molecular complexity index is 503. The van der Waals surface area contributed by atoms with E-state index in [4.69, 9.17) is 5.11 Å². The number of carbonyl (C=O) groups is 2. The summed E-state index contributed by atoms with van der Waals surface area (Å²) in [6.45, 7) is 6.79. The largest absolute Gasteiger partial charge is 0.480 e. The fourth-order valence-corrected chi connectivity index (χ4v) is 1.88. The molecule has 106 valence electrons. The van der Waals surface area contributed by atoms with Crippen molar-refractivity contribution in [2.24, 2.45) is 7.05 Å². The molecular formula is C13H21N3O3. The van der Waals surface area contributed by atoms with Crippen molar-refractivity contribution < 1.29 is 14.7 Å². The molecule has 1 amide bonds. The second-order valence-corrected chi connectivity index (χ2v) is 5.25. The summed E-state index contributed by atoms with van der Waals surface area (Å²) in [7, 11) is 1.86. The van der Waals surface area contributed by atoms with E-state index in [-0.39, 0.29) is 12.3 Å². The predicted octanol–water partition coefficient (Wildman–Crippen LogP) is 0.949. The second kappa shape index (κ2) is 5.42. The average Bonchev–Trinajstić information content (AvgIpc) is 2.50. The van der Waals surface area contributed by atoms with Crippen LogP contribution in [0.1, 0.15) is 37.2 Å². The average molecular weight is 267 g/mol. The van der Waals surface area contributed by atoms with Crippen LogP contribution >= 0.6 is 0 Å². The van der Waals surface area contributed by atoms with Gasteiger partial charge in [-0.2, -0.15) is 5.10 Å². The molecule has 0 aromatic carbocycles. The molecule has 0 fully saturated rings. The van der Waals surface area contributed by atoms with Crippen molar-refractivity contribution in [1.29, 1.82) is 0 Å². The van der Waals surface area contributed by atoms with Gasteiger partial charge >= 0.3 is 5.97 Å². The Kier molecular flexibility index (Phi) is 4.34. The summed E-state index contributed by atoms with van der Waals surface area (Å²) in [6, 6.07) is 0. The van der Waals surface area contributed by atoms with E-state index >= 15 is 0 Å². The monoisotopic (exact) mass is 267 g/mol. The van der Waals surface area contributed by atoms with E-state index in [1.165, 1.54) is 13.8 Å². The highest BCUT2D eigenvalue weighted by atomic mass is 16.4.